The second kappa shape index (κ2) is 5.24. The third-order valence-electron chi connectivity index (χ3n) is 4.16. The molecule has 106 valence electrons. The number of nitrogens with one attached hydrogen (secondary N) is 1. The van der Waals surface area contributed by atoms with Crippen LogP contribution in [0, 0.1) is 0 Å². The number of fused-ring (bicyclic) bond motifs is 1. The zero-order valence-electron chi connectivity index (χ0n) is 11.9. The number of hydrogen-bond donors (Lipinski definition) is 1. The number of benzene rings is 1. The van der Waals surface area contributed by atoms with Gasteiger partial charge >= 0.3 is 0 Å². The van der Waals surface area contributed by atoms with E-state index < -0.39 is 0 Å². The van der Waals surface area contributed by atoms with Gasteiger partial charge < -0.3 is 9.72 Å². The van der Waals surface area contributed by atoms with E-state index in [2.05, 4.69) is 46.4 Å². The van der Waals surface area contributed by atoms with Gasteiger partial charge in [-0.15, -0.1) is 0 Å². The Hall–Kier alpha value is -2.29. The average Bonchev–Trinajstić information content (AvgIpc) is 3.16. The van der Waals surface area contributed by atoms with Crippen LogP contribution in [0.25, 0.3) is 22.3 Å². The Bertz CT molecular complexity index is 706. The molecule has 0 atom stereocenters. The molecule has 3 nitrogen and oxygen atoms in total. The Kier molecular flexibility index (Phi) is 3.11. The summed E-state index contributed by atoms with van der Waals surface area (Å²) in [7, 11) is 0. The van der Waals surface area contributed by atoms with Crippen molar-refractivity contribution in [3.63, 3.8) is 0 Å². The molecule has 1 aliphatic rings. The predicted octanol–water partition coefficient (Wildman–Crippen LogP) is 4.55. The molecule has 0 unspecified atom stereocenters. The van der Waals surface area contributed by atoms with Crippen LogP contribution in [0.3, 0.4) is 0 Å². The van der Waals surface area contributed by atoms with Gasteiger partial charge in [-0.05, 0) is 73.7 Å². The number of pyridine rings is 1. The summed E-state index contributed by atoms with van der Waals surface area (Å²) in [6.45, 7) is 0. The van der Waals surface area contributed by atoms with Crippen molar-refractivity contribution in [3.8, 4) is 17.0 Å². The molecule has 2 heterocycles. The fourth-order valence-corrected chi connectivity index (χ4v) is 3.03. The maximum atomic E-state index is 6.00. The minimum Gasteiger partial charge on any atom is -0.490 e. The molecule has 0 amide bonds. The van der Waals surface area contributed by atoms with E-state index in [-0.39, 0.29) is 0 Å². The van der Waals surface area contributed by atoms with Gasteiger partial charge in [0.2, 0.25) is 0 Å². The SMILES string of the molecule is c1cnc2[nH]c(-c3ccc(OC4CCCC4)cc3)cc2c1. The lowest BCUT2D eigenvalue weighted by atomic mass is 10.1. The number of ether oxygens (including phenoxy) is 1. The molecule has 1 saturated carbocycles. The van der Waals surface area contributed by atoms with Crippen LogP contribution >= 0.6 is 0 Å². The first-order valence-electron chi connectivity index (χ1n) is 7.59. The number of H-pyrrole nitrogens is 1. The summed E-state index contributed by atoms with van der Waals surface area (Å²) in [5.41, 5.74) is 3.18. The molecule has 1 aliphatic carbocycles. The van der Waals surface area contributed by atoms with Crippen molar-refractivity contribution in [1.82, 2.24) is 9.97 Å². The largest absolute Gasteiger partial charge is 0.490 e. The normalized spacial score (nSPS) is 15.6. The Morgan fingerprint density at radius 2 is 1.86 bits per heavy atom. The van der Waals surface area contributed by atoms with Crippen LogP contribution in [-0.4, -0.2) is 16.1 Å². The van der Waals surface area contributed by atoms with Crippen LogP contribution in [-0.2, 0) is 0 Å². The van der Waals surface area contributed by atoms with E-state index in [1.807, 2.05) is 6.07 Å². The lowest BCUT2D eigenvalue weighted by Gasteiger charge is -2.13. The third-order valence-corrected chi connectivity index (χ3v) is 4.16. The minimum absolute atomic E-state index is 0.410. The third kappa shape index (κ3) is 2.51. The summed E-state index contributed by atoms with van der Waals surface area (Å²) in [5.74, 6) is 0.972. The van der Waals surface area contributed by atoms with E-state index >= 15 is 0 Å². The molecular weight excluding hydrogens is 260 g/mol. The van der Waals surface area contributed by atoms with Gasteiger partial charge in [0.1, 0.15) is 11.4 Å². The fourth-order valence-electron chi connectivity index (χ4n) is 3.03. The van der Waals surface area contributed by atoms with Gasteiger partial charge in [0.05, 0.1) is 6.10 Å². The van der Waals surface area contributed by atoms with Gasteiger partial charge in [-0.1, -0.05) is 0 Å². The topological polar surface area (TPSA) is 37.9 Å². The van der Waals surface area contributed by atoms with Crippen molar-refractivity contribution in [3.05, 3.63) is 48.7 Å². The average molecular weight is 278 g/mol. The quantitative estimate of drug-likeness (QED) is 0.763. The maximum absolute atomic E-state index is 6.00. The summed E-state index contributed by atoms with van der Waals surface area (Å²) in [6.07, 6.45) is 7.19. The number of aromatic nitrogens is 2. The van der Waals surface area contributed by atoms with E-state index in [1.54, 1.807) is 6.20 Å². The number of nitrogens with zero attached hydrogens (tertiary/aromatic N) is 1. The van der Waals surface area contributed by atoms with Crippen LogP contribution in [0.1, 0.15) is 25.7 Å². The lowest BCUT2D eigenvalue weighted by molar-refractivity contribution is 0.210. The zero-order chi connectivity index (χ0) is 14.1. The van der Waals surface area contributed by atoms with Crippen molar-refractivity contribution in [2.45, 2.75) is 31.8 Å². The Morgan fingerprint density at radius 1 is 1.05 bits per heavy atom. The van der Waals surface area contributed by atoms with Crippen molar-refractivity contribution in [1.29, 1.82) is 0 Å². The molecule has 3 aromatic rings. The fraction of sp³-hybridized carbons (Fsp3) is 0.278. The van der Waals surface area contributed by atoms with E-state index in [1.165, 1.54) is 25.7 Å². The molecule has 0 aliphatic heterocycles. The summed E-state index contributed by atoms with van der Waals surface area (Å²) in [4.78, 5) is 7.69. The predicted molar refractivity (Wildman–Crippen MR) is 84.4 cm³/mol. The highest BCUT2D eigenvalue weighted by Crippen LogP contribution is 2.27. The molecule has 1 fully saturated rings. The first-order valence-corrected chi connectivity index (χ1v) is 7.59. The molecule has 0 radical (unpaired) electrons. The molecule has 1 aromatic carbocycles. The van der Waals surface area contributed by atoms with E-state index in [0.717, 1.165) is 28.0 Å². The van der Waals surface area contributed by atoms with Crippen molar-refractivity contribution in [2.24, 2.45) is 0 Å². The van der Waals surface area contributed by atoms with Crippen molar-refractivity contribution >= 4 is 11.0 Å². The first-order chi connectivity index (χ1) is 10.4. The highest BCUT2D eigenvalue weighted by atomic mass is 16.5. The molecule has 4 rings (SSSR count). The Balaban J connectivity index is 1.57. The number of aromatic amines is 1. The van der Waals surface area contributed by atoms with Crippen LogP contribution in [0.2, 0.25) is 0 Å². The van der Waals surface area contributed by atoms with Crippen LogP contribution in [0.4, 0.5) is 0 Å². The maximum Gasteiger partial charge on any atom is 0.137 e. The molecule has 2 aromatic heterocycles. The molecule has 3 heteroatoms. The second-order valence-electron chi connectivity index (χ2n) is 5.67. The Labute approximate surface area is 124 Å². The molecule has 1 N–H and O–H groups in total. The molecule has 0 saturated heterocycles. The number of rotatable bonds is 3. The summed E-state index contributed by atoms with van der Waals surface area (Å²) >= 11 is 0. The van der Waals surface area contributed by atoms with Gasteiger partial charge in [-0.25, -0.2) is 4.98 Å². The smallest absolute Gasteiger partial charge is 0.137 e. The Morgan fingerprint density at radius 3 is 2.62 bits per heavy atom. The van der Waals surface area contributed by atoms with Crippen molar-refractivity contribution < 1.29 is 4.74 Å². The highest BCUT2D eigenvalue weighted by Gasteiger charge is 2.16. The van der Waals surface area contributed by atoms with E-state index in [0.29, 0.717) is 6.10 Å². The minimum atomic E-state index is 0.410. The van der Waals surface area contributed by atoms with Gasteiger partial charge in [0.25, 0.3) is 0 Å². The standard InChI is InChI=1S/C18H18N2O/c1-2-6-15(5-1)21-16-9-7-13(8-10-16)17-12-14-4-3-11-19-18(14)20-17/h3-4,7-12,15H,1-2,5-6H2,(H,19,20). The summed E-state index contributed by atoms with van der Waals surface area (Å²) in [6, 6.07) is 14.5. The molecule has 21 heavy (non-hydrogen) atoms. The second-order valence-corrected chi connectivity index (χ2v) is 5.67. The first kappa shape index (κ1) is 12.5. The molecular formula is C18H18N2O. The number of hydrogen-bond acceptors (Lipinski definition) is 2. The van der Waals surface area contributed by atoms with E-state index in [9.17, 15) is 0 Å². The summed E-state index contributed by atoms with van der Waals surface area (Å²) in [5, 5.41) is 1.14. The monoisotopic (exact) mass is 278 g/mol. The highest BCUT2D eigenvalue weighted by molar-refractivity contribution is 5.82. The zero-order valence-corrected chi connectivity index (χ0v) is 11.9. The van der Waals surface area contributed by atoms with Gasteiger partial charge in [0.15, 0.2) is 0 Å². The van der Waals surface area contributed by atoms with Crippen LogP contribution < -0.4 is 4.74 Å². The van der Waals surface area contributed by atoms with E-state index in [4.69, 9.17) is 4.74 Å². The van der Waals surface area contributed by atoms with Gasteiger partial charge in [0, 0.05) is 17.3 Å². The molecule has 0 bridgehead atoms. The van der Waals surface area contributed by atoms with Gasteiger partial charge in [-0.3, -0.25) is 0 Å². The van der Waals surface area contributed by atoms with Crippen LogP contribution in [0.5, 0.6) is 5.75 Å². The molecule has 0 spiro atoms. The van der Waals surface area contributed by atoms with Gasteiger partial charge in [-0.2, -0.15) is 0 Å². The van der Waals surface area contributed by atoms with Crippen LogP contribution in [0.15, 0.2) is 48.7 Å². The van der Waals surface area contributed by atoms with Crippen molar-refractivity contribution in [2.75, 3.05) is 0 Å². The lowest BCUT2D eigenvalue weighted by Crippen LogP contribution is -2.10. The summed E-state index contributed by atoms with van der Waals surface area (Å²) < 4.78 is 6.00.